The number of fused-ring (bicyclic) bond motifs is 10. The summed E-state index contributed by atoms with van der Waals surface area (Å²) in [5.41, 5.74) is 3.42. The lowest BCUT2D eigenvalue weighted by molar-refractivity contribution is 0.0619. The zero-order chi connectivity index (χ0) is 20.7. The summed E-state index contributed by atoms with van der Waals surface area (Å²) < 4.78 is 15.8. The van der Waals surface area contributed by atoms with Gasteiger partial charge in [0.2, 0.25) is 0 Å². The number of anilines is 1. The van der Waals surface area contributed by atoms with Crippen LogP contribution in [-0.4, -0.2) is 43.6 Å². The summed E-state index contributed by atoms with van der Waals surface area (Å²) in [5, 5.41) is 2.78. The van der Waals surface area contributed by atoms with Crippen LogP contribution in [0.2, 0.25) is 5.02 Å². The molecular weight excluding hydrogens is 402 g/mol. The predicted molar refractivity (Wildman–Crippen MR) is 106 cm³/mol. The number of nitrogens with zero attached hydrogens (tertiary/aromatic N) is 1. The van der Waals surface area contributed by atoms with E-state index >= 15 is 0 Å². The highest BCUT2D eigenvalue weighted by Crippen LogP contribution is 2.40. The highest BCUT2D eigenvalue weighted by Gasteiger charge is 2.36. The van der Waals surface area contributed by atoms with Crippen molar-refractivity contribution in [2.75, 3.05) is 32.5 Å². The van der Waals surface area contributed by atoms with Gasteiger partial charge in [0.05, 0.1) is 7.11 Å². The van der Waals surface area contributed by atoms with Gasteiger partial charge >= 0.3 is 11.3 Å². The fourth-order valence-electron chi connectivity index (χ4n) is 4.04. The Bertz CT molecular complexity index is 1120. The molecule has 6 rings (SSSR count). The molecule has 0 spiro atoms. The molecule has 3 N–H and O–H groups in total. The number of carbonyl (C=O) groups excluding carboxylic acids is 1. The van der Waals surface area contributed by atoms with E-state index in [1.807, 2.05) is 0 Å². The molecule has 3 saturated heterocycles. The van der Waals surface area contributed by atoms with Gasteiger partial charge in [-0.2, -0.15) is 0 Å². The summed E-state index contributed by atoms with van der Waals surface area (Å²) in [6, 6.07) is 1.71. The average molecular weight is 422 g/mol. The second kappa shape index (κ2) is 7.57. The molecule has 1 aromatic carbocycles. The smallest absolute Gasteiger partial charge is 0.336 e. The molecule has 0 saturated carbocycles. The molecule has 154 valence electrons. The van der Waals surface area contributed by atoms with E-state index < -0.39 is 17.2 Å². The quantitative estimate of drug-likeness (QED) is 0.711. The standard InChI is InChI=1S/C19H20ClN3O6/c1-27-17-13(19(26)22-10-8-23-6-4-9(10)5-7-23)16-14(20)15(21)18(17)29-12(25)3-2-11(24)28-16/h2-3,9-10H,4-8,21H2,1H3,(H,22,26). The van der Waals surface area contributed by atoms with Crippen LogP contribution in [0.5, 0.6) is 5.75 Å². The number of benzene rings is 1. The van der Waals surface area contributed by atoms with Gasteiger partial charge in [0, 0.05) is 24.7 Å². The zero-order valence-corrected chi connectivity index (χ0v) is 16.5. The third-order valence-corrected chi connectivity index (χ3v) is 5.88. The molecule has 5 heterocycles. The zero-order valence-electron chi connectivity index (χ0n) is 15.7. The number of nitrogens with one attached hydrogen (secondary N) is 1. The lowest BCUT2D eigenvalue weighted by atomic mass is 9.84. The van der Waals surface area contributed by atoms with Crippen molar-refractivity contribution in [2.45, 2.75) is 18.9 Å². The fourth-order valence-corrected chi connectivity index (χ4v) is 4.26. The molecule has 3 fully saturated rings. The van der Waals surface area contributed by atoms with Crippen LogP contribution >= 0.6 is 11.6 Å². The Hall–Kier alpha value is -2.78. The molecule has 9 nitrogen and oxygen atoms in total. The van der Waals surface area contributed by atoms with Crippen molar-refractivity contribution < 1.29 is 18.4 Å². The maximum atomic E-state index is 13.2. The maximum Gasteiger partial charge on any atom is 0.336 e. The topological polar surface area (TPSA) is 128 Å². The normalized spacial score (nSPS) is 23.0. The van der Waals surface area contributed by atoms with E-state index in [1.165, 1.54) is 7.11 Å². The Balaban J connectivity index is 1.91. The monoisotopic (exact) mass is 421 g/mol. The molecule has 2 aromatic heterocycles. The molecule has 3 aliphatic rings. The third-order valence-electron chi connectivity index (χ3n) is 5.51. The minimum absolute atomic E-state index is 0.0617. The lowest BCUT2D eigenvalue weighted by Crippen LogP contribution is -2.57. The van der Waals surface area contributed by atoms with Gasteiger partial charge in [0.15, 0.2) is 16.9 Å². The van der Waals surface area contributed by atoms with Crippen molar-refractivity contribution in [2.24, 2.45) is 5.92 Å². The van der Waals surface area contributed by atoms with Crippen LogP contribution in [0.25, 0.3) is 11.2 Å². The van der Waals surface area contributed by atoms with Gasteiger partial charge in [-0.25, -0.2) is 9.59 Å². The Kier molecular flexibility index (Phi) is 5.10. The fraction of sp³-hybridized carbons (Fsp3) is 0.421. The van der Waals surface area contributed by atoms with E-state index in [-0.39, 0.29) is 39.2 Å². The van der Waals surface area contributed by atoms with Crippen molar-refractivity contribution >= 4 is 34.4 Å². The summed E-state index contributed by atoms with van der Waals surface area (Å²) in [6.45, 7) is 2.77. The molecule has 0 aliphatic carbocycles. The number of rotatable bonds is 3. The third kappa shape index (κ3) is 3.51. The molecule has 0 radical (unpaired) electrons. The van der Waals surface area contributed by atoms with Gasteiger partial charge in [0.1, 0.15) is 16.3 Å². The number of nitrogen functional groups attached to an aromatic ring is 1. The first-order valence-electron chi connectivity index (χ1n) is 9.23. The molecule has 10 heteroatoms. The van der Waals surface area contributed by atoms with Gasteiger partial charge in [-0.05, 0) is 31.8 Å². The number of methoxy groups -OCH3 is 1. The first-order valence-corrected chi connectivity index (χ1v) is 9.60. The van der Waals surface area contributed by atoms with Crippen LogP contribution in [-0.2, 0) is 0 Å². The number of hydrogen-bond donors (Lipinski definition) is 2. The number of carbonyl (C=O) groups is 1. The Labute approximate surface area is 170 Å². The van der Waals surface area contributed by atoms with Crippen molar-refractivity contribution in [3.63, 3.8) is 0 Å². The number of amides is 1. The largest absolute Gasteiger partial charge is 0.492 e. The van der Waals surface area contributed by atoms with Crippen LogP contribution < -0.4 is 27.0 Å². The van der Waals surface area contributed by atoms with E-state index in [2.05, 4.69) is 10.2 Å². The Morgan fingerprint density at radius 1 is 1.21 bits per heavy atom. The number of nitrogens with two attached hydrogens (primary N) is 1. The van der Waals surface area contributed by atoms with Crippen LogP contribution in [0.1, 0.15) is 23.2 Å². The minimum Gasteiger partial charge on any atom is -0.492 e. The second-order valence-electron chi connectivity index (χ2n) is 7.19. The predicted octanol–water partition coefficient (Wildman–Crippen LogP) is 1.38. The van der Waals surface area contributed by atoms with Crippen LogP contribution in [0.4, 0.5) is 5.69 Å². The van der Waals surface area contributed by atoms with Crippen LogP contribution in [0, 0.1) is 5.92 Å². The van der Waals surface area contributed by atoms with Gasteiger partial charge in [-0.1, -0.05) is 11.6 Å². The molecule has 1 amide bonds. The van der Waals surface area contributed by atoms with Crippen molar-refractivity contribution in [3.8, 4) is 5.75 Å². The van der Waals surface area contributed by atoms with E-state index in [9.17, 15) is 14.4 Å². The summed E-state index contributed by atoms with van der Waals surface area (Å²) in [7, 11) is 1.29. The molecule has 1 unspecified atom stereocenters. The molecule has 1 atom stereocenters. The van der Waals surface area contributed by atoms with E-state index in [0.717, 1.165) is 44.6 Å². The van der Waals surface area contributed by atoms with Gasteiger partial charge in [-0.15, -0.1) is 0 Å². The van der Waals surface area contributed by atoms with Gasteiger partial charge < -0.3 is 29.5 Å². The lowest BCUT2D eigenvalue weighted by Gasteiger charge is -2.44. The molecule has 4 bridgehead atoms. The number of piperidine rings is 3. The van der Waals surface area contributed by atoms with E-state index in [0.29, 0.717) is 5.92 Å². The summed E-state index contributed by atoms with van der Waals surface area (Å²) >= 11 is 6.27. The number of halogens is 1. The van der Waals surface area contributed by atoms with Crippen molar-refractivity contribution in [1.82, 2.24) is 10.2 Å². The molecule has 29 heavy (non-hydrogen) atoms. The number of ether oxygens (including phenoxy) is 1. The van der Waals surface area contributed by atoms with E-state index in [4.69, 9.17) is 30.9 Å². The average Bonchev–Trinajstić information content (AvgIpc) is 2.72. The van der Waals surface area contributed by atoms with E-state index in [1.54, 1.807) is 0 Å². The summed E-state index contributed by atoms with van der Waals surface area (Å²) in [6.07, 6.45) is 2.00. The van der Waals surface area contributed by atoms with Crippen LogP contribution in [0.3, 0.4) is 0 Å². The van der Waals surface area contributed by atoms with Crippen molar-refractivity contribution in [3.05, 3.63) is 43.6 Å². The highest BCUT2D eigenvalue weighted by molar-refractivity contribution is 6.38. The highest BCUT2D eigenvalue weighted by atomic mass is 35.5. The SMILES string of the molecule is COc1c(C(=O)NC2CN3CCC2CC3)c2oc(=O)ccc(=O)oc1c(N)c2Cl. The first kappa shape index (κ1) is 19.5. The van der Waals surface area contributed by atoms with Gasteiger partial charge in [0.25, 0.3) is 5.91 Å². The summed E-state index contributed by atoms with van der Waals surface area (Å²) in [4.78, 5) is 39.6. The number of hydrogen-bond acceptors (Lipinski definition) is 8. The Morgan fingerprint density at radius 2 is 1.83 bits per heavy atom. The van der Waals surface area contributed by atoms with Crippen molar-refractivity contribution in [1.29, 1.82) is 0 Å². The van der Waals surface area contributed by atoms with Gasteiger partial charge in [-0.3, -0.25) is 4.79 Å². The minimum atomic E-state index is -0.906. The summed E-state index contributed by atoms with van der Waals surface area (Å²) in [5.74, 6) is -0.311. The molecule has 3 aliphatic heterocycles. The first-order chi connectivity index (χ1) is 13.9. The molecular formula is C19H20ClN3O6. The van der Waals surface area contributed by atoms with Crippen LogP contribution in [0.15, 0.2) is 30.6 Å². The maximum absolute atomic E-state index is 13.2. The Morgan fingerprint density at radius 3 is 2.38 bits per heavy atom. The second-order valence-corrected chi connectivity index (χ2v) is 7.57. The molecule has 3 aromatic rings.